The highest BCUT2D eigenvalue weighted by Crippen LogP contribution is 2.37. The molecule has 0 radical (unpaired) electrons. The molecular weight excluding hydrogens is 240 g/mol. The molecule has 0 aromatic carbocycles. The second-order valence-electron chi connectivity index (χ2n) is 3.53. The number of nitrogens with two attached hydrogens (primary N) is 1. The van der Waals surface area contributed by atoms with E-state index in [9.17, 15) is 0 Å². The Morgan fingerprint density at radius 3 is 2.94 bits per heavy atom. The van der Waals surface area contributed by atoms with Crippen molar-refractivity contribution in [3.05, 3.63) is 28.2 Å². The number of rotatable bonds is 4. The normalized spacial score (nSPS) is 12.9. The molecule has 2 aromatic heterocycles. The lowest BCUT2D eigenvalue weighted by molar-refractivity contribution is 0.782. The molecule has 0 fully saturated rings. The van der Waals surface area contributed by atoms with Crippen molar-refractivity contribution in [2.24, 2.45) is 12.8 Å². The minimum absolute atomic E-state index is 0.267. The zero-order chi connectivity index (χ0) is 11.5. The second-order valence-corrected chi connectivity index (χ2v) is 5.65. The SMILES string of the molecule is Cc1ccsc1C(CN)Sc1nncn1C. The first kappa shape index (κ1) is 11.6. The Morgan fingerprint density at radius 1 is 1.62 bits per heavy atom. The van der Waals surface area contributed by atoms with Gasteiger partial charge in [0.05, 0.1) is 5.25 Å². The first-order valence-corrected chi connectivity index (χ1v) is 6.73. The summed E-state index contributed by atoms with van der Waals surface area (Å²) in [6.45, 7) is 2.73. The fourth-order valence-electron chi connectivity index (χ4n) is 1.43. The van der Waals surface area contributed by atoms with Crippen LogP contribution in [0.3, 0.4) is 0 Å². The third-order valence-electron chi connectivity index (χ3n) is 2.33. The van der Waals surface area contributed by atoms with Crippen molar-refractivity contribution in [1.29, 1.82) is 0 Å². The van der Waals surface area contributed by atoms with E-state index < -0.39 is 0 Å². The Balaban J connectivity index is 2.19. The molecule has 6 heteroatoms. The summed E-state index contributed by atoms with van der Waals surface area (Å²) < 4.78 is 1.91. The molecule has 2 aromatic rings. The lowest BCUT2D eigenvalue weighted by Crippen LogP contribution is -2.09. The van der Waals surface area contributed by atoms with Crippen molar-refractivity contribution in [2.75, 3.05) is 6.54 Å². The number of aryl methyl sites for hydroxylation is 2. The van der Waals surface area contributed by atoms with Crippen LogP contribution in [0.15, 0.2) is 22.9 Å². The first-order valence-electron chi connectivity index (χ1n) is 4.97. The lowest BCUT2D eigenvalue weighted by atomic mass is 10.2. The number of thioether (sulfide) groups is 1. The van der Waals surface area contributed by atoms with Gasteiger partial charge in [-0.3, -0.25) is 0 Å². The molecule has 0 saturated heterocycles. The summed E-state index contributed by atoms with van der Waals surface area (Å²) in [4.78, 5) is 1.33. The third-order valence-corrected chi connectivity index (χ3v) is 4.90. The predicted octanol–water partition coefficient (Wildman–Crippen LogP) is 1.98. The van der Waals surface area contributed by atoms with Crippen molar-refractivity contribution in [3.63, 3.8) is 0 Å². The van der Waals surface area contributed by atoms with Crippen LogP contribution in [0.5, 0.6) is 0 Å². The molecular formula is C10H14N4S2. The van der Waals surface area contributed by atoms with Crippen molar-refractivity contribution in [2.45, 2.75) is 17.3 Å². The summed E-state index contributed by atoms with van der Waals surface area (Å²) in [5.74, 6) is 0. The maximum absolute atomic E-state index is 5.83. The molecule has 1 atom stereocenters. The molecule has 86 valence electrons. The molecule has 0 bridgehead atoms. The Kier molecular flexibility index (Phi) is 3.63. The smallest absolute Gasteiger partial charge is 0.191 e. The maximum Gasteiger partial charge on any atom is 0.191 e. The van der Waals surface area contributed by atoms with Crippen LogP contribution < -0.4 is 5.73 Å². The quantitative estimate of drug-likeness (QED) is 0.848. The molecule has 4 nitrogen and oxygen atoms in total. The highest BCUT2D eigenvalue weighted by Gasteiger charge is 2.17. The summed E-state index contributed by atoms with van der Waals surface area (Å²) in [5.41, 5.74) is 7.13. The first-order chi connectivity index (χ1) is 7.72. The van der Waals surface area contributed by atoms with Gasteiger partial charge in [-0.15, -0.1) is 21.5 Å². The molecule has 0 spiro atoms. The van der Waals surface area contributed by atoms with E-state index in [-0.39, 0.29) is 5.25 Å². The number of thiophene rings is 1. The highest BCUT2D eigenvalue weighted by molar-refractivity contribution is 7.99. The van der Waals surface area contributed by atoms with Crippen molar-refractivity contribution in [1.82, 2.24) is 14.8 Å². The average Bonchev–Trinajstić information content (AvgIpc) is 2.85. The van der Waals surface area contributed by atoms with Gasteiger partial charge in [-0.1, -0.05) is 11.8 Å². The number of hydrogen-bond donors (Lipinski definition) is 1. The van der Waals surface area contributed by atoms with Crippen LogP contribution in [0.25, 0.3) is 0 Å². The van der Waals surface area contributed by atoms with Crippen LogP contribution in [0, 0.1) is 6.92 Å². The molecule has 0 amide bonds. The Hall–Kier alpha value is -0.850. The van der Waals surface area contributed by atoms with Crippen LogP contribution in [0.4, 0.5) is 0 Å². The van der Waals surface area contributed by atoms with Gasteiger partial charge in [-0.2, -0.15) is 0 Å². The fraction of sp³-hybridized carbons (Fsp3) is 0.400. The maximum atomic E-state index is 5.83. The molecule has 2 N–H and O–H groups in total. The van der Waals surface area contributed by atoms with E-state index in [4.69, 9.17) is 5.73 Å². The molecule has 2 heterocycles. The van der Waals surface area contributed by atoms with Gasteiger partial charge in [-0.05, 0) is 23.9 Å². The highest BCUT2D eigenvalue weighted by atomic mass is 32.2. The summed E-state index contributed by atoms with van der Waals surface area (Å²) in [6.07, 6.45) is 1.71. The van der Waals surface area contributed by atoms with Crippen LogP contribution in [-0.2, 0) is 7.05 Å². The topological polar surface area (TPSA) is 56.7 Å². The van der Waals surface area contributed by atoms with Gasteiger partial charge < -0.3 is 10.3 Å². The third kappa shape index (κ3) is 2.28. The van der Waals surface area contributed by atoms with Crippen molar-refractivity contribution < 1.29 is 0 Å². The Morgan fingerprint density at radius 2 is 2.44 bits per heavy atom. The minimum atomic E-state index is 0.267. The van der Waals surface area contributed by atoms with Crippen molar-refractivity contribution >= 4 is 23.1 Å². The van der Waals surface area contributed by atoms with E-state index in [1.165, 1.54) is 10.4 Å². The molecule has 16 heavy (non-hydrogen) atoms. The van der Waals surface area contributed by atoms with Crippen LogP contribution >= 0.6 is 23.1 Å². The van der Waals surface area contributed by atoms with E-state index >= 15 is 0 Å². The van der Waals surface area contributed by atoms with Gasteiger partial charge >= 0.3 is 0 Å². The van der Waals surface area contributed by atoms with E-state index in [0.717, 1.165) is 5.16 Å². The van der Waals surface area contributed by atoms with Gasteiger partial charge in [-0.25, -0.2) is 0 Å². The van der Waals surface area contributed by atoms with Gasteiger partial charge in [0.2, 0.25) is 0 Å². The molecule has 0 aliphatic rings. The Bertz CT molecular complexity index is 463. The van der Waals surface area contributed by atoms with Crippen molar-refractivity contribution in [3.8, 4) is 0 Å². The minimum Gasteiger partial charge on any atom is -0.329 e. The van der Waals surface area contributed by atoms with Gasteiger partial charge in [0.25, 0.3) is 0 Å². The van der Waals surface area contributed by atoms with Crippen LogP contribution in [-0.4, -0.2) is 21.3 Å². The van der Waals surface area contributed by atoms with Gasteiger partial charge in [0, 0.05) is 18.5 Å². The largest absolute Gasteiger partial charge is 0.329 e. The van der Waals surface area contributed by atoms with Crippen LogP contribution in [0.1, 0.15) is 15.7 Å². The average molecular weight is 254 g/mol. The number of hydrogen-bond acceptors (Lipinski definition) is 5. The molecule has 0 aliphatic heterocycles. The lowest BCUT2D eigenvalue weighted by Gasteiger charge is -2.12. The second kappa shape index (κ2) is 4.99. The molecule has 1 unspecified atom stereocenters. The van der Waals surface area contributed by atoms with E-state index in [0.29, 0.717) is 6.54 Å². The molecule has 0 aliphatic carbocycles. The van der Waals surface area contributed by atoms with Gasteiger partial charge in [0.15, 0.2) is 5.16 Å². The summed E-state index contributed by atoms with van der Waals surface area (Å²) in [5, 5.41) is 11.2. The zero-order valence-electron chi connectivity index (χ0n) is 9.25. The predicted molar refractivity (Wildman–Crippen MR) is 67.7 cm³/mol. The number of aromatic nitrogens is 3. The standard InChI is InChI=1S/C10H14N4S2/c1-7-3-4-15-9(7)8(5-11)16-10-13-12-6-14(10)2/h3-4,6,8H,5,11H2,1-2H3. The van der Waals surface area contributed by atoms with E-state index in [1.807, 2.05) is 11.6 Å². The molecule has 0 saturated carbocycles. The molecule has 2 rings (SSSR count). The summed E-state index contributed by atoms with van der Waals surface area (Å²) >= 11 is 3.42. The van der Waals surface area contributed by atoms with Gasteiger partial charge in [0.1, 0.15) is 6.33 Å². The van der Waals surface area contributed by atoms with E-state index in [1.54, 1.807) is 29.4 Å². The fourth-order valence-corrected chi connectivity index (χ4v) is 3.61. The van der Waals surface area contributed by atoms with Crippen LogP contribution in [0.2, 0.25) is 0 Å². The summed E-state index contributed by atoms with van der Waals surface area (Å²) in [6, 6.07) is 2.12. The Labute approximate surface area is 103 Å². The summed E-state index contributed by atoms with van der Waals surface area (Å²) in [7, 11) is 1.94. The zero-order valence-corrected chi connectivity index (χ0v) is 10.9. The van der Waals surface area contributed by atoms with E-state index in [2.05, 4.69) is 28.6 Å². The monoisotopic (exact) mass is 254 g/mol. The number of nitrogens with zero attached hydrogens (tertiary/aromatic N) is 3.